The normalized spacial score (nSPS) is 10.9. The molecule has 0 amide bonds. The maximum Gasteiger partial charge on any atom is 0.135 e. The highest BCUT2D eigenvalue weighted by Crippen LogP contribution is 2.06. The molecule has 0 saturated heterocycles. The van der Waals surface area contributed by atoms with Crippen molar-refractivity contribution in [1.82, 2.24) is 9.55 Å². The molecule has 1 aromatic rings. The lowest BCUT2D eigenvalue weighted by Crippen LogP contribution is -2.10. The van der Waals surface area contributed by atoms with Gasteiger partial charge in [-0.3, -0.25) is 4.79 Å². The maximum absolute atomic E-state index is 11.5. The maximum atomic E-state index is 11.5. The van der Waals surface area contributed by atoms with Gasteiger partial charge >= 0.3 is 0 Å². The zero-order chi connectivity index (χ0) is 11.3. The van der Waals surface area contributed by atoms with E-state index in [1.807, 2.05) is 26.2 Å². The summed E-state index contributed by atoms with van der Waals surface area (Å²) < 4.78 is 2.13. The number of imidazole rings is 1. The number of aryl methyl sites for hydroxylation is 2. The number of rotatable bonds is 6. The lowest BCUT2D eigenvalue weighted by molar-refractivity contribution is -0.121. The molecule has 0 fully saturated rings. The molecule has 1 heterocycles. The van der Waals surface area contributed by atoms with Crippen LogP contribution in [0, 0.1) is 5.92 Å². The SMILES string of the molecule is CCCn1ccnc1CCC(=O)C(C)C. The van der Waals surface area contributed by atoms with E-state index in [0.29, 0.717) is 12.2 Å². The first-order chi connectivity index (χ1) is 7.15. The van der Waals surface area contributed by atoms with Gasteiger partial charge in [0.1, 0.15) is 11.6 Å². The molecule has 0 saturated carbocycles. The zero-order valence-corrected chi connectivity index (χ0v) is 9.86. The molecule has 0 aromatic carbocycles. The van der Waals surface area contributed by atoms with Crippen LogP contribution < -0.4 is 0 Å². The quantitative estimate of drug-likeness (QED) is 0.719. The fourth-order valence-corrected chi connectivity index (χ4v) is 1.54. The van der Waals surface area contributed by atoms with E-state index in [0.717, 1.165) is 25.2 Å². The van der Waals surface area contributed by atoms with E-state index in [4.69, 9.17) is 0 Å². The Bertz CT molecular complexity index is 315. The molecule has 3 heteroatoms. The highest BCUT2D eigenvalue weighted by atomic mass is 16.1. The van der Waals surface area contributed by atoms with Gasteiger partial charge < -0.3 is 4.57 Å². The Labute approximate surface area is 91.5 Å². The third-order valence-corrected chi connectivity index (χ3v) is 2.51. The minimum Gasteiger partial charge on any atom is -0.335 e. The minimum absolute atomic E-state index is 0.139. The van der Waals surface area contributed by atoms with Crippen LogP contribution in [-0.2, 0) is 17.8 Å². The smallest absolute Gasteiger partial charge is 0.135 e. The van der Waals surface area contributed by atoms with Crippen LogP contribution in [0.15, 0.2) is 12.4 Å². The molecular weight excluding hydrogens is 188 g/mol. The van der Waals surface area contributed by atoms with Crippen molar-refractivity contribution < 1.29 is 4.79 Å². The first kappa shape index (κ1) is 12.0. The van der Waals surface area contributed by atoms with E-state index in [1.165, 1.54) is 0 Å². The fraction of sp³-hybridized carbons (Fsp3) is 0.667. The first-order valence-corrected chi connectivity index (χ1v) is 5.67. The minimum atomic E-state index is 0.139. The van der Waals surface area contributed by atoms with Crippen LogP contribution in [0.2, 0.25) is 0 Å². The Morgan fingerprint density at radius 3 is 2.87 bits per heavy atom. The molecule has 0 radical (unpaired) electrons. The summed E-state index contributed by atoms with van der Waals surface area (Å²) in [6.07, 6.45) is 6.27. The molecule has 0 N–H and O–H groups in total. The molecule has 0 aliphatic rings. The van der Waals surface area contributed by atoms with Crippen molar-refractivity contribution in [3.05, 3.63) is 18.2 Å². The highest BCUT2D eigenvalue weighted by Gasteiger charge is 2.09. The van der Waals surface area contributed by atoms with Gasteiger partial charge in [-0.05, 0) is 6.42 Å². The zero-order valence-electron chi connectivity index (χ0n) is 9.86. The Balaban J connectivity index is 2.50. The molecule has 0 bridgehead atoms. The predicted molar refractivity (Wildman–Crippen MR) is 60.7 cm³/mol. The van der Waals surface area contributed by atoms with Gasteiger partial charge in [0, 0.05) is 37.7 Å². The van der Waals surface area contributed by atoms with Gasteiger partial charge in [0.05, 0.1) is 0 Å². The highest BCUT2D eigenvalue weighted by molar-refractivity contribution is 5.80. The van der Waals surface area contributed by atoms with Crippen LogP contribution in [0.4, 0.5) is 0 Å². The fourth-order valence-electron chi connectivity index (χ4n) is 1.54. The number of hydrogen-bond acceptors (Lipinski definition) is 2. The van der Waals surface area contributed by atoms with Crippen LogP contribution in [0.25, 0.3) is 0 Å². The van der Waals surface area contributed by atoms with Gasteiger partial charge in [0.2, 0.25) is 0 Å². The summed E-state index contributed by atoms with van der Waals surface area (Å²) in [5.74, 6) is 1.49. The van der Waals surface area contributed by atoms with Crippen molar-refractivity contribution in [2.45, 2.75) is 46.6 Å². The number of carbonyl (C=O) groups excluding carboxylic acids is 1. The molecule has 1 rings (SSSR count). The largest absolute Gasteiger partial charge is 0.335 e. The number of Topliss-reactive ketones (excluding diaryl/α,β-unsaturated/α-hetero) is 1. The van der Waals surface area contributed by atoms with Gasteiger partial charge in [-0.15, -0.1) is 0 Å². The van der Waals surface area contributed by atoms with E-state index < -0.39 is 0 Å². The monoisotopic (exact) mass is 208 g/mol. The topological polar surface area (TPSA) is 34.9 Å². The molecule has 0 aliphatic heterocycles. The van der Waals surface area contributed by atoms with Gasteiger partial charge in [0.25, 0.3) is 0 Å². The lowest BCUT2D eigenvalue weighted by atomic mass is 10.0. The Hall–Kier alpha value is -1.12. The molecule has 15 heavy (non-hydrogen) atoms. The summed E-state index contributed by atoms with van der Waals surface area (Å²) in [6, 6.07) is 0. The average Bonchev–Trinajstić information content (AvgIpc) is 2.62. The Morgan fingerprint density at radius 1 is 1.53 bits per heavy atom. The first-order valence-electron chi connectivity index (χ1n) is 5.67. The second kappa shape index (κ2) is 5.69. The lowest BCUT2D eigenvalue weighted by Gasteiger charge is -2.06. The summed E-state index contributed by atoms with van der Waals surface area (Å²) in [5, 5.41) is 0. The van der Waals surface area contributed by atoms with Crippen LogP contribution in [0.5, 0.6) is 0 Å². The van der Waals surface area contributed by atoms with E-state index >= 15 is 0 Å². The van der Waals surface area contributed by atoms with Gasteiger partial charge in [0.15, 0.2) is 0 Å². The van der Waals surface area contributed by atoms with Crippen LogP contribution >= 0.6 is 0 Å². The molecule has 84 valence electrons. The van der Waals surface area contributed by atoms with Crippen molar-refractivity contribution in [3.63, 3.8) is 0 Å². The van der Waals surface area contributed by atoms with E-state index in [2.05, 4.69) is 16.5 Å². The van der Waals surface area contributed by atoms with Crippen molar-refractivity contribution in [3.8, 4) is 0 Å². The Morgan fingerprint density at radius 2 is 2.27 bits per heavy atom. The molecule has 0 atom stereocenters. The molecule has 3 nitrogen and oxygen atoms in total. The van der Waals surface area contributed by atoms with Gasteiger partial charge in [-0.25, -0.2) is 4.98 Å². The molecule has 0 spiro atoms. The second-order valence-electron chi connectivity index (χ2n) is 4.16. The molecule has 0 aliphatic carbocycles. The van der Waals surface area contributed by atoms with Crippen LogP contribution in [0.3, 0.4) is 0 Å². The summed E-state index contributed by atoms with van der Waals surface area (Å²) >= 11 is 0. The van der Waals surface area contributed by atoms with E-state index in [1.54, 1.807) is 0 Å². The predicted octanol–water partition coefficient (Wildman–Crippen LogP) is 2.45. The number of hydrogen-bond donors (Lipinski definition) is 0. The van der Waals surface area contributed by atoms with Crippen molar-refractivity contribution >= 4 is 5.78 Å². The number of ketones is 1. The molecule has 0 unspecified atom stereocenters. The second-order valence-corrected chi connectivity index (χ2v) is 4.16. The van der Waals surface area contributed by atoms with Gasteiger partial charge in [-0.1, -0.05) is 20.8 Å². The van der Waals surface area contributed by atoms with Crippen molar-refractivity contribution in [2.24, 2.45) is 5.92 Å². The summed E-state index contributed by atoms with van der Waals surface area (Å²) in [6.45, 7) is 7.02. The Kier molecular flexibility index (Phi) is 4.53. The number of nitrogens with zero attached hydrogens (tertiary/aromatic N) is 2. The number of carbonyl (C=O) groups is 1. The number of aromatic nitrogens is 2. The van der Waals surface area contributed by atoms with E-state index in [-0.39, 0.29) is 5.92 Å². The standard InChI is InChI=1S/C12H20N2O/c1-4-8-14-9-7-13-12(14)6-5-11(15)10(2)3/h7,9-10H,4-6,8H2,1-3H3. The van der Waals surface area contributed by atoms with Crippen LogP contribution in [0.1, 0.15) is 39.4 Å². The molecular formula is C12H20N2O. The molecule has 1 aromatic heterocycles. The van der Waals surface area contributed by atoms with Crippen molar-refractivity contribution in [1.29, 1.82) is 0 Å². The summed E-state index contributed by atoms with van der Waals surface area (Å²) in [5.41, 5.74) is 0. The third-order valence-electron chi connectivity index (χ3n) is 2.51. The van der Waals surface area contributed by atoms with Crippen LogP contribution in [-0.4, -0.2) is 15.3 Å². The average molecular weight is 208 g/mol. The van der Waals surface area contributed by atoms with Crippen molar-refractivity contribution in [2.75, 3.05) is 0 Å². The summed E-state index contributed by atoms with van der Waals surface area (Å²) in [4.78, 5) is 15.7. The third kappa shape index (κ3) is 3.50. The van der Waals surface area contributed by atoms with Gasteiger partial charge in [-0.2, -0.15) is 0 Å². The summed E-state index contributed by atoms with van der Waals surface area (Å²) in [7, 11) is 0. The van der Waals surface area contributed by atoms with E-state index in [9.17, 15) is 4.79 Å².